The van der Waals surface area contributed by atoms with Crippen LogP contribution < -0.4 is 0 Å². The Morgan fingerprint density at radius 3 is 2.91 bits per heavy atom. The van der Waals surface area contributed by atoms with E-state index >= 15 is 0 Å². The number of amides is 2. The van der Waals surface area contributed by atoms with Crippen molar-refractivity contribution in [1.82, 2.24) is 9.80 Å². The Hall–Kier alpha value is -1.79. The monoisotopic (exact) mass is 352 g/mol. The fourth-order valence-corrected chi connectivity index (χ4v) is 3.95. The lowest BCUT2D eigenvalue weighted by molar-refractivity contribution is -0.134. The molecule has 2 aromatic rings. The van der Waals surface area contributed by atoms with Crippen LogP contribution in [0.5, 0.6) is 0 Å². The van der Waals surface area contributed by atoms with Crippen LogP contribution in [0.4, 0.5) is 0 Å². The molecule has 2 amide bonds. The fraction of sp³-hybridized carbons (Fsp3) is 0.375. The Kier molecular flexibility index (Phi) is 4.73. The molecule has 0 saturated carbocycles. The maximum atomic E-state index is 12.7. The molecule has 1 aliphatic rings. The van der Waals surface area contributed by atoms with Crippen molar-refractivity contribution >= 4 is 34.8 Å². The average molecular weight is 353 g/mol. The molecule has 0 aromatic carbocycles. The van der Waals surface area contributed by atoms with Crippen molar-refractivity contribution in [2.75, 3.05) is 13.6 Å². The summed E-state index contributed by atoms with van der Waals surface area (Å²) in [6, 6.07) is 6.61. The summed E-state index contributed by atoms with van der Waals surface area (Å²) in [7, 11) is 1.75. The highest BCUT2D eigenvalue weighted by atomic mass is 35.5. The maximum Gasteiger partial charge on any atom is 0.290 e. The molecule has 7 heteroatoms. The number of carbonyl (C=O) groups is 2. The Labute approximate surface area is 143 Å². The normalized spacial score (nSPS) is 17.5. The maximum absolute atomic E-state index is 12.7. The van der Waals surface area contributed by atoms with Gasteiger partial charge in [0.05, 0.1) is 17.1 Å². The van der Waals surface area contributed by atoms with Crippen molar-refractivity contribution in [2.24, 2.45) is 0 Å². The van der Waals surface area contributed by atoms with Crippen LogP contribution in [0, 0.1) is 0 Å². The summed E-state index contributed by atoms with van der Waals surface area (Å²) in [5.41, 5.74) is 0. The highest BCUT2D eigenvalue weighted by Crippen LogP contribution is 2.25. The van der Waals surface area contributed by atoms with Gasteiger partial charge < -0.3 is 14.2 Å². The lowest BCUT2D eigenvalue weighted by Gasteiger charge is -2.27. The Bertz CT molecular complexity index is 698. The molecular weight excluding hydrogens is 336 g/mol. The topological polar surface area (TPSA) is 53.8 Å². The van der Waals surface area contributed by atoms with Gasteiger partial charge in [-0.2, -0.15) is 0 Å². The predicted octanol–water partition coefficient (Wildman–Crippen LogP) is 3.26. The summed E-state index contributed by atoms with van der Waals surface area (Å²) in [5.74, 6) is 0.00254. The molecule has 0 N–H and O–H groups in total. The first-order chi connectivity index (χ1) is 11.1. The first-order valence-corrected chi connectivity index (χ1v) is 8.59. The van der Waals surface area contributed by atoms with Crippen molar-refractivity contribution in [3.63, 3.8) is 0 Å². The zero-order valence-corrected chi connectivity index (χ0v) is 14.3. The third kappa shape index (κ3) is 3.43. The molecule has 23 heavy (non-hydrogen) atoms. The van der Waals surface area contributed by atoms with Gasteiger partial charge in [0.1, 0.15) is 6.04 Å². The number of halogens is 1. The molecule has 1 unspecified atom stereocenters. The van der Waals surface area contributed by atoms with E-state index in [9.17, 15) is 9.59 Å². The van der Waals surface area contributed by atoms with Crippen LogP contribution in [0.1, 0.15) is 28.3 Å². The molecule has 0 bridgehead atoms. The molecule has 5 nitrogen and oxygen atoms in total. The number of thiophene rings is 1. The van der Waals surface area contributed by atoms with Gasteiger partial charge in [-0.1, -0.05) is 11.6 Å². The number of hydrogen-bond acceptors (Lipinski definition) is 4. The smallest absolute Gasteiger partial charge is 0.290 e. The standard InChI is InChI=1S/C16H17ClN2O3S/c1-18(10-11-6-7-14(17)23-11)15(20)12-4-2-8-19(12)16(21)13-5-3-9-22-13/h3,5-7,9,12H,2,4,8,10H2,1H3. The third-order valence-electron chi connectivity index (χ3n) is 3.93. The Morgan fingerprint density at radius 2 is 2.26 bits per heavy atom. The molecule has 0 aliphatic carbocycles. The number of nitrogens with zero attached hydrogens (tertiary/aromatic N) is 2. The van der Waals surface area contributed by atoms with Crippen LogP contribution in [0.3, 0.4) is 0 Å². The van der Waals surface area contributed by atoms with Gasteiger partial charge >= 0.3 is 0 Å². The van der Waals surface area contributed by atoms with Gasteiger partial charge in [-0.05, 0) is 37.1 Å². The highest BCUT2D eigenvalue weighted by molar-refractivity contribution is 7.16. The largest absolute Gasteiger partial charge is 0.459 e. The molecule has 3 rings (SSSR count). The number of hydrogen-bond donors (Lipinski definition) is 0. The van der Waals surface area contributed by atoms with Gasteiger partial charge in [-0.3, -0.25) is 9.59 Å². The van der Waals surface area contributed by atoms with E-state index in [1.54, 1.807) is 29.0 Å². The summed E-state index contributed by atoms with van der Waals surface area (Å²) in [5, 5.41) is 0. The van der Waals surface area contributed by atoms with E-state index < -0.39 is 6.04 Å². The van der Waals surface area contributed by atoms with Crippen LogP contribution in [-0.4, -0.2) is 41.2 Å². The van der Waals surface area contributed by atoms with E-state index in [0.29, 0.717) is 23.8 Å². The van der Waals surface area contributed by atoms with Gasteiger partial charge in [0.15, 0.2) is 5.76 Å². The highest BCUT2D eigenvalue weighted by Gasteiger charge is 2.36. The van der Waals surface area contributed by atoms with Crippen LogP contribution >= 0.6 is 22.9 Å². The second-order valence-electron chi connectivity index (χ2n) is 5.53. The number of likely N-dealkylation sites (tertiary alicyclic amines) is 1. The van der Waals surface area contributed by atoms with Crippen LogP contribution in [0.25, 0.3) is 0 Å². The summed E-state index contributed by atoms with van der Waals surface area (Å²) >= 11 is 7.38. The van der Waals surface area contributed by atoms with Crippen LogP contribution in [0.2, 0.25) is 4.34 Å². The fourth-order valence-electron chi connectivity index (χ4n) is 2.81. The van der Waals surface area contributed by atoms with Crippen LogP contribution in [-0.2, 0) is 11.3 Å². The molecule has 122 valence electrons. The Balaban J connectivity index is 1.69. The number of likely N-dealkylation sites (N-methyl/N-ethyl adjacent to an activating group) is 1. The van der Waals surface area contributed by atoms with Crippen molar-refractivity contribution in [1.29, 1.82) is 0 Å². The molecule has 0 spiro atoms. The summed E-state index contributed by atoms with van der Waals surface area (Å²) in [6.45, 7) is 1.07. The minimum atomic E-state index is -0.423. The second kappa shape index (κ2) is 6.76. The number of furan rings is 1. The SMILES string of the molecule is CN(Cc1ccc(Cl)s1)C(=O)C1CCCN1C(=O)c1ccco1. The zero-order valence-electron chi connectivity index (χ0n) is 12.7. The molecular formula is C16H17ClN2O3S. The number of carbonyl (C=O) groups excluding carboxylic acids is 2. The summed E-state index contributed by atoms with van der Waals surface area (Å²) < 4.78 is 5.87. The van der Waals surface area contributed by atoms with Crippen molar-refractivity contribution in [3.05, 3.63) is 45.5 Å². The van der Waals surface area contributed by atoms with Crippen molar-refractivity contribution < 1.29 is 14.0 Å². The molecule has 3 heterocycles. The van der Waals surface area contributed by atoms with E-state index in [1.807, 2.05) is 12.1 Å². The minimum absolute atomic E-state index is 0.0491. The molecule has 1 saturated heterocycles. The second-order valence-corrected chi connectivity index (χ2v) is 7.33. The van der Waals surface area contributed by atoms with E-state index in [4.69, 9.17) is 16.0 Å². The van der Waals surface area contributed by atoms with E-state index in [2.05, 4.69) is 0 Å². The molecule has 0 radical (unpaired) electrons. The predicted molar refractivity (Wildman–Crippen MR) is 88.6 cm³/mol. The number of rotatable bonds is 4. The van der Waals surface area contributed by atoms with E-state index in [0.717, 1.165) is 11.3 Å². The molecule has 1 fully saturated rings. The summed E-state index contributed by atoms with van der Waals surface area (Å²) in [6.07, 6.45) is 2.97. The molecule has 2 aromatic heterocycles. The lowest BCUT2D eigenvalue weighted by atomic mass is 10.2. The molecule has 1 atom stereocenters. The zero-order chi connectivity index (χ0) is 16.4. The van der Waals surface area contributed by atoms with Crippen molar-refractivity contribution in [2.45, 2.75) is 25.4 Å². The van der Waals surface area contributed by atoms with E-state index in [1.165, 1.54) is 17.6 Å². The van der Waals surface area contributed by atoms with Crippen molar-refractivity contribution in [3.8, 4) is 0 Å². The van der Waals surface area contributed by atoms with Gasteiger partial charge in [0.2, 0.25) is 5.91 Å². The third-order valence-corrected chi connectivity index (χ3v) is 5.14. The van der Waals surface area contributed by atoms with Gasteiger partial charge in [-0.25, -0.2) is 0 Å². The van der Waals surface area contributed by atoms with Crippen LogP contribution in [0.15, 0.2) is 34.9 Å². The quantitative estimate of drug-likeness (QED) is 0.848. The van der Waals surface area contributed by atoms with Gasteiger partial charge in [0, 0.05) is 18.5 Å². The Morgan fingerprint density at radius 1 is 1.43 bits per heavy atom. The van der Waals surface area contributed by atoms with Gasteiger partial charge in [0.25, 0.3) is 5.91 Å². The first-order valence-electron chi connectivity index (χ1n) is 7.40. The first kappa shape index (κ1) is 16.1. The molecule has 1 aliphatic heterocycles. The lowest BCUT2D eigenvalue weighted by Crippen LogP contribution is -2.46. The average Bonchev–Trinajstić information content (AvgIpc) is 3.27. The van der Waals surface area contributed by atoms with Gasteiger partial charge in [-0.15, -0.1) is 11.3 Å². The summed E-state index contributed by atoms with van der Waals surface area (Å²) in [4.78, 5) is 29.5. The van der Waals surface area contributed by atoms with E-state index in [-0.39, 0.29) is 17.6 Å². The minimum Gasteiger partial charge on any atom is -0.459 e.